The number of aromatic amines is 1. The minimum absolute atomic E-state index is 0.0783. The second-order valence-corrected chi connectivity index (χ2v) is 5.42. The van der Waals surface area contributed by atoms with Crippen molar-refractivity contribution in [1.29, 1.82) is 0 Å². The largest absolute Gasteiger partial charge is 0.497 e. The highest BCUT2D eigenvalue weighted by Gasteiger charge is 2.06. The molecule has 0 aliphatic carbocycles. The number of carbonyl (C=O) groups excluding carboxylic acids is 1. The summed E-state index contributed by atoms with van der Waals surface area (Å²) in [4.78, 5) is 25.5. The van der Waals surface area contributed by atoms with Crippen molar-refractivity contribution < 1.29 is 14.1 Å². The topological polar surface area (TPSA) is 97.2 Å². The number of hydrogen-bond acceptors (Lipinski definition) is 5. The SMILES string of the molecule is COc1cccc(CCC(=O)Nc2ccc(-c3noc(=O)[nH]3)cc2)c1. The van der Waals surface area contributed by atoms with Gasteiger partial charge in [0, 0.05) is 17.7 Å². The van der Waals surface area contributed by atoms with Crippen molar-refractivity contribution in [3.8, 4) is 17.1 Å². The summed E-state index contributed by atoms with van der Waals surface area (Å²) in [5, 5.41) is 6.45. The second-order valence-electron chi connectivity index (χ2n) is 5.42. The molecule has 25 heavy (non-hydrogen) atoms. The van der Waals surface area contributed by atoms with Crippen molar-refractivity contribution in [1.82, 2.24) is 10.1 Å². The third-order valence-electron chi connectivity index (χ3n) is 3.66. The highest BCUT2D eigenvalue weighted by Crippen LogP contribution is 2.18. The number of nitrogens with zero attached hydrogens (tertiary/aromatic N) is 1. The Balaban J connectivity index is 1.56. The third-order valence-corrected chi connectivity index (χ3v) is 3.66. The van der Waals surface area contributed by atoms with Crippen LogP contribution in [0.5, 0.6) is 5.75 Å². The fourth-order valence-electron chi connectivity index (χ4n) is 2.38. The summed E-state index contributed by atoms with van der Waals surface area (Å²) in [6.07, 6.45) is 0.993. The van der Waals surface area contributed by atoms with E-state index in [0.717, 1.165) is 11.3 Å². The minimum atomic E-state index is -0.607. The molecule has 2 aromatic carbocycles. The first-order valence-electron chi connectivity index (χ1n) is 7.73. The Kier molecular flexibility index (Phi) is 4.94. The number of methoxy groups -OCH3 is 1. The average Bonchev–Trinajstić information content (AvgIpc) is 3.07. The molecule has 1 heterocycles. The van der Waals surface area contributed by atoms with Crippen LogP contribution in [0.4, 0.5) is 5.69 Å². The van der Waals surface area contributed by atoms with Crippen molar-refractivity contribution in [3.63, 3.8) is 0 Å². The van der Waals surface area contributed by atoms with Gasteiger partial charge in [-0.2, -0.15) is 0 Å². The molecule has 0 fully saturated rings. The Morgan fingerprint density at radius 1 is 1.24 bits per heavy atom. The van der Waals surface area contributed by atoms with Crippen LogP contribution in [0.3, 0.4) is 0 Å². The molecule has 0 bridgehead atoms. The van der Waals surface area contributed by atoms with Gasteiger partial charge < -0.3 is 10.1 Å². The molecule has 0 unspecified atom stereocenters. The van der Waals surface area contributed by atoms with Gasteiger partial charge in [-0.3, -0.25) is 14.3 Å². The van der Waals surface area contributed by atoms with Crippen molar-refractivity contribution in [2.24, 2.45) is 0 Å². The van der Waals surface area contributed by atoms with Crippen molar-refractivity contribution in [2.45, 2.75) is 12.8 Å². The van der Waals surface area contributed by atoms with Crippen LogP contribution in [0.25, 0.3) is 11.4 Å². The van der Waals surface area contributed by atoms with Gasteiger partial charge in [0.15, 0.2) is 5.82 Å². The minimum Gasteiger partial charge on any atom is -0.497 e. The van der Waals surface area contributed by atoms with Crippen LogP contribution in [0, 0.1) is 0 Å². The fourth-order valence-corrected chi connectivity index (χ4v) is 2.38. The Morgan fingerprint density at radius 2 is 2.04 bits per heavy atom. The smallest absolute Gasteiger partial charge is 0.439 e. The van der Waals surface area contributed by atoms with Crippen LogP contribution in [0.2, 0.25) is 0 Å². The van der Waals surface area contributed by atoms with Gasteiger partial charge in [-0.05, 0) is 48.4 Å². The van der Waals surface area contributed by atoms with E-state index in [0.29, 0.717) is 29.9 Å². The Morgan fingerprint density at radius 3 is 2.72 bits per heavy atom. The number of hydrogen-bond donors (Lipinski definition) is 2. The van der Waals surface area contributed by atoms with Gasteiger partial charge in [-0.15, -0.1) is 0 Å². The standard InChI is InChI=1S/C18H17N3O4/c1-24-15-4-2-3-12(11-15)5-10-16(22)19-14-8-6-13(7-9-14)17-20-18(23)25-21-17/h2-4,6-9,11H,5,10H2,1H3,(H,19,22)(H,20,21,23). The molecule has 7 heteroatoms. The molecule has 0 saturated carbocycles. The molecule has 128 valence electrons. The van der Waals surface area contributed by atoms with Crippen molar-refractivity contribution in [3.05, 3.63) is 64.6 Å². The van der Waals surface area contributed by atoms with E-state index in [4.69, 9.17) is 4.74 Å². The van der Waals surface area contributed by atoms with Crippen molar-refractivity contribution >= 4 is 11.6 Å². The number of carbonyl (C=O) groups is 1. The third kappa shape index (κ3) is 4.35. The highest BCUT2D eigenvalue weighted by molar-refractivity contribution is 5.91. The lowest BCUT2D eigenvalue weighted by Crippen LogP contribution is -2.12. The molecule has 3 rings (SSSR count). The van der Waals surface area contributed by atoms with E-state index < -0.39 is 5.76 Å². The van der Waals surface area contributed by atoms with Gasteiger partial charge >= 0.3 is 5.76 Å². The van der Waals surface area contributed by atoms with Crippen LogP contribution in [-0.2, 0) is 11.2 Å². The molecular weight excluding hydrogens is 322 g/mol. The van der Waals surface area contributed by atoms with E-state index in [9.17, 15) is 9.59 Å². The summed E-state index contributed by atoms with van der Waals surface area (Å²) in [6, 6.07) is 14.6. The number of aromatic nitrogens is 2. The van der Waals surface area contributed by atoms with Gasteiger partial charge in [0.25, 0.3) is 0 Å². The van der Waals surface area contributed by atoms with Gasteiger partial charge in [0.2, 0.25) is 5.91 Å². The van der Waals surface area contributed by atoms with E-state index in [1.807, 2.05) is 24.3 Å². The maximum atomic E-state index is 12.1. The van der Waals surface area contributed by atoms with E-state index in [1.165, 1.54) is 0 Å². The predicted molar refractivity (Wildman–Crippen MR) is 92.5 cm³/mol. The summed E-state index contributed by atoms with van der Waals surface area (Å²) >= 11 is 0. The van der Waals surface area contributed by atoms with Crippen LogP contribution >= 0.6 is 0 Å². The molecule has 1 aromatic heterocycles. The maximum absolute atomic E-state index is 12.1. The first-order valence-corrected chi connectivity index (χ1v) is 7.73. The number of nitrogens with one attached hydrogen (secondary N) is 2. The number of anilines is 1. The molecule has 7 nitrogen and oxygen atoms in total. The Labute approximate surface area is 143 Å². The quantitative estimate of drug-likeness (QED) is 0.719. The van der Waals surface area contributed by atoms with Crippen LogP contribution in [-0.4, -0.2) is 23.2 Å². The number of H-pyrrole nitrogens is 1. The van der Waals surface area contributed by atoms with Crippen LogP contribution in [0.15, 0.2) is 57.8 Å². The number of benzene rings is 2. The van der Waals surface area contributed by atoms with Gasteiger partial charge in [-0.25, -0.2) is 4.79 Å². The van der Waals surface area contributed by atoms with Crippen molar-refractivity contribution in [2.75, 3.05) is 12.4 Å². The molecule has 2 N–H and O–H groups in total. The summed E-state index contributed by atoms with van der Waals surface area (Å²) in [6.45, 7) is 0. The first kappa shape index (κ1) is 16.5. The molecule has 0 atom stereocenters. The lowest BCUT2D eigenvalue weighted by atomic mass is 10.1. The molecule has 0 spiro atoms. The lowest BCUT2D eigenvalue weighted by molar-refractivity contribution is -0.116. The number of ether oxygens (including phenoxy) is 1. The fraction of sp³-hybridized carbons (Fsp3) is 0.167. The van der Waals surface area contributed by atoms with E-state index >= 15 is 0 Å². The van der Waals surface area contributed by atoms with Crippen LogP contribution in [0.1, 0.15) is 12.0 Å². The molecule has 0 radical (unpaired) electrons. The van der Waals surface area contributed by atoms with E-state index in [2.05, 4.69) is 20.0 Å². The van der Waals surface area contributed by atoms with Gasteiger partial charge in [-0.1, -0.05) is 17.3 Å². The number of rotatable bonds is 6. The monoisotopic (exact) mass is 339 g/mol. The maximum Gasteiger partial charge on any atom is 0.439 e. The molecule has 3 aromatic rings. The molecule has 0 aliphatic rings. The molecule has 0 saturated heterocycles. The second kappa shape index (κ2) is 7.48. The Hall–Kier alpha value is -3.35. The normalized spacial score (nSPS) is 10.4. The van der Waals surface area contributed by atoms with Crippen LogP contribution < -0.4 is 15.8 Å². The van der Waals surface area contributed by atoms with Gasteiger partial charge in [0.1, 0.15) is 5.75 Å². The Bertz CT molecular complexity index is 912. The zero-order valence-electron chi connectivity index (χ0n) is 13.6. The summed E-state index contributed by atoms with van der Waals surface area (Å²) in [5.41, 5.74) is 2.41. The molecular formula is C18H17N3O4. The van der Waals surface area contributed by atoms with E-state index in [-0.39, 0.29) is 5.91 Å². The highest BCUT2D eigenvalue weighted by atomic mass is 16.5. The zero-order chi connectivity index (χ0) is 17.6. The van der Waals surface area contributed by atoms with Gasteiger partial charge in [0.05, 0.1) is 7.11 Å². The molecule has 0 aliphatic heterocycles. The average molecular weight is 339 g/mol. The number of amides is 1. The number of aryl methyl sites for hydroxylation is 1. The predicted octanol–water partition coefficient (Wildman–Crippen LogP) is 2.61. The summed E-state index contributed by atoms with van der Waals surface area (Å²) in [7, 11) is 1.62. The first-order chi connectivity index (χ1) is 12.1. The van der Waals surface area contributed by atoms with E-state index in [1.54, 1.807) is 31.4 Å². The zero-order valence-corrected chi connectivity index (χ0v) is 13.6. The summed E-state index contributed by atoms with van der Waals surface area (Å²) < 4.78 is 9.64. The lowest BCUT2D eigenvalue weighted by Gasteiger charge is -2.07. The molecule has 1 amide bonds. The summed E-state index contributed by atoms with van der Waals surface area (Å²) in [5.74, 6) is 0.440.